The summed E-state index contributed by atoms with van der Waals surface area (Å²) in [7, 11) is 1.63. The monoisotopic (exact) mass is 379 g/mol. The highest BCUT2D eigenvalue weighted by molar-refractivity contribution is 5.94. The molecule has 2 N–H and O–H groups in total. The molecule has 1 amide bonds. The number of amides is 1. The highest BCUT2D eigenvalue weighted by Gasteiger charge is 2.08. The minimum atomic E-state index is -0.259. The van der Waals surface area contributed by atoms with Gasteiger partial charge in [0.2, 0.25) is 0 Å². The molecule has 3 rings (SSSR count). The lowest BCUT2D eigenvalue weighted by atomic mass is 10.1. The van der Waals surface area contributed by atoms with Crippen molar-refractivity contribution in [2.75, 3.05) is 19.0 Å². The van der Waals surface area contributed by atoms with E-state index in [1.54, 1.807) is 43.6 Å². The van der Waals surface area contributed by atoms with Crippen molar-refractivity contribution in [3.63, 3.8) is 0 Å². The number of nitrogens with zero attached hydrogens (tertiary/aromatic N) is 1. The van der Waals surface area contributed by atoms with Gasteiger partial charge in [0.1, 0.15) is 17.4 Å². The number of benzene rings is 2. The standard InChI is InChI=1S/C22H22FN3O2/c1-28-19-8-6-16(7-9-19)15-26-21-14-18(11-12-24-21)22(27)25-13-10-17-4-2-3-5-20(17)23/h2-9,11-12,14H,10,13,15H2,1H3,(H,24,26)(H,25,27). The second kappa shape index (κ2) is 9.50. The van der Waals surface area contributed by atoms with Crippen LogP contribution >= 0.6 is 0 Å². The molecule has 0 aliphatic rings. The van der Waals surface area contributed by atoms with E-state index in [2.05, 4.69) is 15.6 Å². The third kappa shape index (κ3) is 5.30. The van der Waals surface area contributed by atoms with E-state index in [0.717, 1.165) is 11.3 Å². The average molecular weight is 379 g/mol. The SMILES string of the molecule is COc1ccc(CNc2cc(C(=O)NCCc3ccccc3F)ccn2)cc1. The van der Waals surface area contributed by atoms with Gasteiger partial charge < -0.3 is 15.4 Å². The molecule has 0 fully saturated rings. The number of hydrogen-bond donors (Lipinski definition) is 2. The predicted molar refractivity (Wildman–Crippen MR) is 107 cm³/mol. The second-order valence-electron chi connectivity index (χ2n) is 6.23. The number of anilines is 1. The molecule has 144 valence electrons. The van der Waals surface area contributed by atoms with Crippen LogP contribution in [0.1, 0.15) is 21.5 Å². The van der Waals surface area contributed by atoms with Crippen LogP contribution in [0.25, 0.3) is 0 Å². The molecule has 0 aliphatic carbocycles. The van der Waals surface area contributed by atoms with Gasteiger partial charge >= 0.3 is 0 Å². The Kier molecular flexibility index (Phi) is 6.57. The number of halogens is 1. The van der Waals surface area contributed by atoms with Gasteiger partial charge in [-0.2, -0.15) is 0 Å². The number of aromatic nitrogens is 1. The van der Waals surface area contributed by atoms with Crippen LogP contribution < -0.4 is 15.4 Å². The Labute approximate surface area is 163 Å². The molecule has 3 aromatic rings. The van der Waals surface area contributed by atoms with Crippen LogP contribution in [-0.4, -0.2) is 24.5 Å². The Hall–Kier alpha value is -3.41. The number of ether oxygens (including phenoxy) is 1. The van der Waals surface area contributed by atoms with Gasteiger partial charge in [0.15, 0.2) is 0 Å². The van der Waals surface area contributed by atoms with Gasteiger partial charge in [-0.15, -0.1) is 0 Å². The van der Waals surface area contributed by atoms with Crippen molar-refractivity contribution in [1.29, 1.82) is 0 Å². The molecule has 0 aliphatic heterocycles. The molecule has 6 heteroatoms. The maximum Gasteiger partial charge on any atom is 0.251 e. The molecule has 1 aromatic heterocycles. The van der Waals surface area contributed by atoms with Crippen molar-refractivity contribution in [3.8, 4) is 5.75 Å². The summed E-state index contributed by atoms with van der Waals surface area (Å²) < 4.78 is 18.8. The van der Waals surface area contributed by atoms with Gasteiger partial charge in [0, 0.05) is 24.8 Å². The summed E-state index contributed by atoms with van der Waals surface area (Å²) >= 11 is 0. The van der Waals surface area contributed by atoms with E-state index in [1.165, 1.54) is 6.07 Å². The number of pyridine rings is 1. The molecule has 28 heavy (non-hydrogen) atoms. The lowest BCUT2D eigenvalue weighted by Gasteiger charge is -2.09. The number of hydrogen-bond acceptors (Lipinski definition) is 4. The maximum atomic E-state index is 13.6. The zero-order chi connectivity index (χ0) is 19.8. The Balaban J connectivity index is 1.53. The molecule has 0 bridgehead atoms. The van der Waals surface area contributed by atoms with Crippen molar-refractivity contribution < 1.29 is 13.9 Å². The summed E-state index contributed by atoms with van der Waals surface area (Å²) in [6, 6.07) is 17.6. The normalized spacial score (nSPS) is 10.4. The van der Waals surface area contributed by atoms with E-state index in [4.69, 9.17) is 4.74 Å². The molecule has 2 aromatic carbocycles. The minimum Gasteiger partial charge on any atom is -0.497 e. The van der Waals surface area contributed by atoms with Gasteiger partial charge in [-0.25, -0.2) is 9.37 Å². The number of carbonyl (C=O) groups excluding carboxylic acids is 1. The molecular formula is C22H22FN3O2. The van der Waals surface area contributed by atoms with E-state index >= 15 is 0 Å². The molecule has 1 heterocycles. The summed E-state index contributed by atoms with van der Waals surface area (Å²) in [5, 5.41) is 6.01. The number of methoxy groups -OCH3 is 1. The minimum absolute atomic E-state index is 0.216. The summed E-state index contributed by atoms with van der Waals surface area (Å²) in [4.78, 5) is 16.6. The molecule has 0 atom stereocenters. The van der Waals surface area contributed by atoms with Crippen LogP contribution in [0.2, 0.25) is 0 Å². The van der Waals surface area contributed by atoms with Gasteiger partial charge in [-0.1, -0.05) is 30.3 Å². The van der Waals surface area contributed by atoms with E-state index < -0.39 is 0 Å². The fourth-order valence-electron chi connectivity index (χ4n) is 2.72. The Morgan fingerprint density at radius 3 is 2.64 bits per heavy atom. The van der Waals surface area contributed by atoms with Gasteiger partial charge in [0.25, 0.3) is 5.91 Å². The molecule has 0 unspecified atom stereocenters. The number of nitrogens with one attached hydrogen (secondary N) is 2. The summed E-state index contributed by atoms with van der Waals surface area (Å²) in [6.45, 7) is 0.937. The zero-order valence-electron chi connectivity index (χ0n) is 15.6. The van der Waals surface area contributed by atoms with Crippen LogP contribution in [0.15, 0.2) is 66.9 Å². The van der Waals surface area contributed by atoms with E-state index in [0.29, 0.717) is 36.5 Å². The van der Waals surface area contributed by atoms with E-state index in [1.807, 2.05) is 24.3 Å². The molecule has 0 saturated carbocycles. The van der Waals surface area contributed by atoms with Crippen LogP contribution in [0.3, 0.4) is 0 Å². The molecule has 0 saturated heterocycles. The quantitative estimate of drug-likeness (QED) is 0.625. The highest BCUT2D eigenvalue weighted by Crippen LogP contribution is 2.13. The average Bonchev–Trinajstić information content (AvgIpc) is 2.74. The van der Waals surface area contributed by atoms with Crippen molar-refractivity contribution in [2.45, 2.75) is 13.0 Å². The van der Waals surface area contributed by atoms with Crippen molar-refractivity contribution in [2.24, 2.45) is 0 Å². The summed E-state index contributed by atoms with van der Waals surface area (Å²) in [5.41, 5.74) is 2.16. The van der Waals surface area contributed by atoms with E-state index in [9.17, 15) is 9.18 Å². The Bertz CT molecular complexity index is 929. The third-order valence-electron chi connectivity index (χ3n) is 4.29. The van der Waals surface area contributed by atoms with Crippen molar-refractivity contribution >= 4 is 11.7 Å². The Morgan fingerprint density at radius 1 is 1.11 bits per heavy atom. The van der Waals surface area contributed by atoms with Gasteiger partial charge in [-0.05, 0) is 47.9 Å². The fourth-order valence-corrected chi connectivity index (χ4v) is 2.72. The summed E-state index contributed by atoms with van der Waals surface area (Å²) in [6.07, 6.45) is 2.02. The first-order valence-corrected chi connectivity index (χ1v) is 9.00. The predicted octanol–water partition coefficient (Wildman–Crippen LogP) is 3.81. The van der Waals surface area contributed by atoms with Gasteiger partial charge in [0.05, 0.1) is 7.11 Å². The first kappa shape index (κ1) is 19.4. The number of rotatable bonds is 8. The van der Waals surface area contributed by atoms with Crippen LogP contribution in [-0.2, 0) is 13.0 Å². The maximum absolute atomic E-state index is 13.6. The van der Waals surface area contributed by atoms with Crippen LogP contribution in [0.4, 0.5) is 10.2 Å². The van der Waals surface area contributed by atoms with Crippen LogP contribution in [0, 0.1) is 5.82 Å². The topological polar surface area (TPSA) is 63.2 Å². The molecule has 5 nitrogen and oxygen atoms in total. The lowest BCUT2D eigenvalue weighted by molar-refractivity contribution is 0.0954. The molecule has 0 spiro atoms. The lowest BCUT2D eigenvalue weighted by Crippen LogP contribution is -2.26. The Morgan fingerprint density at radius 2 is 1.89 bits per heavy atom. The third-order valence-corrected chi connectivity index (χ3v) is 4.29. The largest absolute Gasteiger partial charge is 0.497 e. The van der Waals surface area contributed by atoms with Crippen LogP contribution in [0.5, 0.6) is 5.75 Å². The number of carbonyl (C=O) groups is 1. The van der Waals surface area contributed by atoms with Gasteiger partial charge in [-0.3, -0.25) is 4.79 Å². The smallest absolute Gasteiger partial charge is 0.251 e. The first-order chi connectivity index (χ1) is 13.7. The summed E-state index contributed by atoms with van der Waals surface area (Å²) in [5.74, 6) is 0.936. The van der Waals surface area contributed by atoms with E-state index in [-0.39, 0.29) is 11.7 Å². The molecular weight excluding hydrogens is 357 g/mol. The fraction of sp³-hybridized carbons (Fsp3) is 0.182. The second-order valence-corrected chi connectivity index (χ2v) is 6.23. The first-order valence-electron chi connectivity index (χ1n) is 9.00. The molecule has 0 radical (unpaired) electrons. The highest BCUT2D eigenvalue weighted by atomic mass is 19.1. The van der Waals surface area contributed by atoms with Crippen molar-refractivity contribution in [3.05, 3.63) is 89.4 Å². The van der Waals surface area contributed by atoms with Crippen molar-refractivity contribution in [1.82, 2.24) is 10.3 Å². The zero-order valence-corrected chi connectivity index (χ0v) is 15.6.